The Morgan fingerprint density at radius 2 is 1.78 bits per heavy atom. The second-order valence-electron chi connectivity index (χ2n) is 18.1. The first-order valence-electron chi connectivity index (χ1n) is 22.8. The largest absolute Gasteiger partial charge is 0.483 e. The van der Waals surface area contributed by atoms with E-state index in [4.69, 9.17) is 36.0 Å². The van der Waals surface area contributed by atoms with Gasteiger partial charge in [0.25, 0.3) is 29.8 Å². The minimum atomic E-state index is -2.97. The fourth-order valence-electron chi connectivity index (χ4n) is 9.88. The zero-order valence-corrected chi connectivity index (χ0v) is 38.6. The van der Waals surface area contributed by atoms with Crippen LogP contribution in [0.4, 0.5) is 26.2 Å². The summed E-state index contributed by atoms with van der Waals surface area (Å²) < 4.78 is 45.5. The minimum absolute atomic E-state index is 0.00252. The highest BCUT2D eigenvalue weighted by Gasteiger charge is 2.49. The molecule has 2 atom stereocenters. The molecule has 4 amide bonds. The zero-order chi connectivity index (χ0) is 48.4. The van der Waals surface area contributed by atoms with Gasteiger partial charge in [-0.3, -0.25) is 39.0 Å². The summed E-state index contributed by atoms with van der Waals surface area (Å²) in [6, 6.07) is 11.2. The zero-order valence-electron chi connectivity index (χ0n) is 37.9. The van der Waals surface area contributed by atoms with Crippen LogP contribution in [0.2, 0.25) is 5.02 Å². The van der Waals surface area contributed by atoms with E-state index in [-0.39, 0.29) is 98.8 Å². The van der Waals surface area contributed by atoms with E-state index in [1.54, 1.807) is 35.0 Å². The van der Waals surface area contributed by atoms with E-state index in [9.17, 15) is 24.0 Å². The summed E-state index contributed by atoms with van der Waals surface area (Å²) in [4.78, 5) is 85.4. The Bertz CT molecular complexity index is 2660. The molecule has 4 N–H and O–H groups in total. The van der Waals surface area contributed by atoms with Crippen LogP contribution in [0.3, 0.4) is 0 Å². The number of rotatable bonds is 12. The number of nitrogens with zero attached hydrogens (tertiary/aromatic N) is 6. The number of hydrogen-bond acceptors (Lipinski definition) is 13. The third-order valence-corrected chi connectivity index (χ3v) is 13.7. The summed E-state index contributed by atoms with van der Waals surface area (Å²) in [6.07, 6.45) is 5.16. The van der Waals surface area contributed by atoms with E-state index in [1.165, 1.54) is 11.9 Å². The Hall–Kier alpha value is -6.25. The highest BCUT2D eigenvalue weighted by atomic mass is 35.5. The van der Waals surface area contributed by atoms with Gasteiger partial charge in [-0.25, -0.2) is 13.8 Å². The molecule has 362 valence electrons. The van der Waals surface area contributed by atoms with Crippen LogP contribution >= 0.6 is 11.6 Å². The molecule has 4 fully saturated rings. The summed E-state index contributed by atoms with van der Waals surface area (Å²) in [7, 11) is 1.50. The van der Waals surface area contributed by atoms with E-state index in [1.807, 2.05) is 36.9 Å². The number of likely N-dealkylation sites (N-methyl/N-ethyl adjacent to an activating group) is 1. The van der Waals surface area contributed by atoms with Crippen molar-refractivity contribution < 1.29 is 47.3 Å². The van der Waals surface area contributed by atoms with E-state index < -0.39 is 23.8 Å². The lowest BCUT2D eigenvalue weighted by Crippen LogP contribution is -2.56. The Morgan fingerprint density at radius 3 is 2.47 bits per heavy atom. The number of alkyl halides is 2. The number of carboxylic acid groups (broad SMARTS) is 1. The third-order valence-electron chi connectivity index (χ3n) is 13.4. The lowest BCUT2D eigenvalue weighted by atomic mass is 9.81. The van der Waals surface area contributed by atoms with Crippen LogP contribution in [0.15, 0.2) is 53.5 Å². The van der Waals surface area contributed by atoms with Crippen molar-refractivity contribution in [2.24, 2.45) is 0 Å². The summed E-state index contributed by atoms with van der Waals surface area (Å²) >= 11 is 6.58. The molecule has 21 heteroatoms. The minimum Gasteiger partial charge on any atom is -0.483 e. The number of hydrogen-bond donors (Lipinski definition) is 4. The van der Waals surface area contributed by atoms with Gasteiger partial charge in [-0.05, 0) is 100 Å². The number of benzene rings is 2. The normalized spacial score (nSPS) is 22.8. The second-order valence-corrected chi connectivity index (χ2v) is 18.5. The topological polar surface area (TPSA) is 218 Å². The lowest BCUT2D eigenvalue weighted by molar-refractivity contribution is -0.137. The number of fused-ring (bicyclic) bond motifs is 2. The molecule has 6 heterocycles. The van der Waals surface area contributed by atoms with Gasteiger partial charge in [-0.2, -0.15) is 4.98 Å². The molecule has 4 aromatic rings. The Balaban J connectivity index is 0.00000203. The molecule has 5 aliphatic rings. The van der Waals surface area contributed by atoms with Gasteiger partial charge in [0.2, 0.25) is 17.8 Å². The molecule has 0 radical (unpaired) electrons. The number of amides is 4. The Kier molecular flexibility index (Phi) is 14.3. The van der Waals surface area contributed by atoms with Crippen molar-refractivity contribution in [3.63, 3.8) is 0 Å². The number of halogens is 3. The van der Waals surface area contributed by atoms with Crippen molar-refractivity contribution in [1.82, 2.24) is 35.0 Å². The molecule has 18 nitrogen and oxygen atoms in total. The Labute approximate surface area is 395 Å². The van der Waals surface area contributed by atoms with Gasteiger partial charge >= 0.3 is 0 Å². The molecule has 1 aliphatic carbocycles. The molecule has 0 spiro atoms. The van der Waals surface area contributed by atoms with Gasteiger partial charge < -0.3 is 39.6 Å². The Morgan fingerprint density at radius 1 is 1.03 bits per heavy atom. The lowest BCUT2D eigenvalue weighted by Gasteiger charge is -2.48. The van der Waals surface area contributed by atoms with Crippen molar-refractivity contribution in [3.05, 3.63) is 80.7 Å². The summed E-state index contributed by atoms with van der Waals surface area (Å²) in [5.74, 6) is -4.50. The maximum Gasteiger partial charge on any atom is 0.293 e. The van der Waals surface area contributed by atoms with Gasteiger partial charge in [-0.15, -0.1) is 0 Å². The molecular formula is C47H54ClF2N9O9. The van der Waals surface area contributed by atoms with Crippen LogP contribution in [0.25, 0.3) is 10.9 Å². The number of anilines is 3. The van der Waals surface area contributed by atoms with Crippen molar-refractivity contribution in [3.8, 4) is 5.75 Å². The smallest absolute Gasteiger partial charge is 0.293 e. The fourth-order valence-corrected chi connectivity index (χ4v) is 10.0. The number of carbonyl (C=O) groups excluding carboxylic acids is 4. The first kappa shape index (κ1) is 48.2. The monoisotopic (exact) mass is 961 g/mol. The molecule has 3 saturated heterocycles. The standard InChI is InChI=1S/C46H52ClF2N9O7.CH2O2/c1-25(2)58-36-7-5-29(17-27(36)18-38(44(58)63)64-23-40(60)50-3)52-41-35(47)21-51-45(54-41)55-13-10-31(11-14-55)65-32-19-30(20-32)56-15-12-34(46(48,49)24-56)26-4-6-33-28(16-26)22-57(43(33)62)37-8-9-39(59)53-42(37)61;2-1-3/h4-7,16-18,21,25,30-32,34,37H,8-15,19-20,22-24H2,1-3H3,(H,50,60)(H,51,52,54)(H,53,59,61);1H,(H,2,3). The average molecular weight is 962 g/mol. The summed E-state index contributed by atoms with van der Waals surface area (Å²) in [5.41, 5.74) is 2.59. The predicted molar refractivity (Wildman–Crippen MR) is 247 cm³/mol. The van der Waals surface area contributed by atoms with E-state index >= 15 is 8.78 Å². The first-order valence-corrected chi connectivity index (χ1v) is 23.1. The van der Waals surface area contributed by atoms with Crippen molar-refractivity contribution >= 4 is 70.1 Å². The van der Waals surface area contributed by atoms with Crippen LogP contribution in [0.1, 0.15) is 92.2 Å². The van der Waals surface area contributed by atoms with Gasteiger partial charge in [-0.1, -0.05) is 23.7 Å². The molecule has 68 heavy (non-hydrogen) atoms. The molecule has 2 unspecified atom stereocenters. The number of piperidine rings is 3. The van der Waals surface area contributed by atoms with Crippen LogP contribution < -0.4 is 31.1 Å². The van der Waals surface area contributed by atoms with Crippen LogP contribution in [-0.2, 0) is 30.5 Å². The highest BCUT2D eigenvalue weighted by molar-refractivity contribution is 6.33. The number of pyridine rings is 1. The summed E-state index contributed by atoms with van der Waals surface area (Å²) in [6.45, 7) is 4.93. The second kappa shape index (κ2) is 20.1. The van der Waals surface area contributed by atoms with Crippen molar-refractivity contribution in [2.45, 2.75) is 108 Å². The van der Waals surface area contributed by atoms with Crippen molar-refractivity contribution in [1.29, 1.82) is 0 Å². The maximum absolute atomic E-state index is 15.9. The maximum atomic E-state index is 15.9. The number of ether oxygens (including phenoxy) is 2. The summed E-state index contributed by atoms with van der Waals surface area (Å²) in [5, 5.41) is 16.0. The molecule has 9 rings (SSSR count). The van der Waals surface area contributed by atoms with Crippen LogP contribution in [-0.4, -0.2) is 130 Å². The molecule has 2 aromatic carbocycles. The van der Waals surface area contributed by atoms with E-state index in [0.29, 0.717) is 77.2 Å². The van der Waals surface area contributed by atoms with Crippen molar-refractivity contribution in [2.75, 3.05) is 50.1 Å². The van der Waals surface area contributed by atoms with Gasteiger partial charge in [0.1, 0.15) is 11.1 Å². The number of nitrogens with one attached hydrogen (secondary N) is 3. The van der Waals surface area contributed by atoms with Gasteiger partial charge in [0, 0.05) is 61.8 Å². The fraction of sp³-hybridized carbons (Fsp3) is 0.489. The van der Waals surface area contributed by atoms with Gasteiger partial charge in [0.15, 0.2) is 18.2 Å². The number of carbonyl (C=O) groups is 5. The molecule has 0 bridgehead atoms. The van der Waals surface area contributed by atoms with E-state index in [2.05, 4.69) is 25.8 Å². The highest BCUT2D eigenvalue weighted by Crippen LogP contribution is 2.44. The number of imide groups is 1. The number of likely N-dealkylation sites (tertiary alicyclic amines) is 1. The quantitative estimate of drug-likeness (QED) is 0.109. The molecule has 2 aromatic heterocycles. The average Bonchev–Trinajstić information content (AvgIpc) is 3.61. The van der Waals surface area contributed by atoms with Gasteiger partial charge in [0.05, 0.1) is 36.4 Å². The third kappa shape index (κ3) is 10.1. The molecule has 1 saturated carbocycles. The van der Waals surface area contributed by atoms with E-state index in [0.717, 1.165) is 18.2 Å². The molecular weight excluding hydrogens is 908 g/mol. The first-order chi connectivity index (χ1) is 32.6. The molecule has 4 aliphatic heterocycles. The SMILES string of the molecule is CNC(=O)COc1cc2cc(Nc3nc(N4CCC(OC5CC(N6CCC(c7ccc8c(c7)CN(C7CCC(=O)NC7=O)C8=O)C(F)(F)C6)C5)CC4)ncc3Cl)ccc2n(C(C)C)c1=O.O=CO. The van der Waals surface area contributed by atoms with Crippen LogP contribution in [0.5, 0.6) is 5.75 Å². The predicted octanol–water partition coefficient (Wildman–Crippen LogP) is 5.00. The number of aromatic nitrogens is 3. The van der Waals surface area contributed by atoms with Crippen LogP contribution in [0, 0.1) is 0 Å².